The molecule has 1 aromatic heterocycles. The van der Waals surface area contributed by atoms with Crippen LogP contribution in [0.15, 0.2) is 35.7 Å². The Hall–Kier alpha value is -3.51. The molecule has 0 aliphatic carbocycles. The van der Waals surface area contributed by atoms with Gasteiger partial charge in [-0.05, 0) is 17.7 Å². The number of nitriles is 1. The number of ether oxygens (including phenoxy) is 3. The highest BCUT2D eigenvalue weighted by Gasteiger charge is 2.38. The van der Waals surface area contributed by atoms with E-state index < -0.39 is 12.0 Å². The SMILES string of the molecule is CC(C)(C)c1[nH]nc2c1[C@@H](c1cccc(OC(=O)N3CCOCC3)c1)C(C#N)=C(N)O2. The van der Waals surface area contributed by atoms with Crippen LogP contribution in [-0.4, -0.2) is 47.5 Å². The van der Waals surface area contributed by atoms with E-state index >= 15 is 0 Å². The Morgan fingerprint density at radius 2 is 2.10 bits per heavy atom. The molecule has 2 aromatic rings. The molecule has 0 spiro atoms. The summed E-state index contributed by atoms with van der Waals surface area (Å²) in [4.78, 5) is 14.1. The maximum absolute atomic E-state index is 12.5. The molecular weight excluding hydrogens is 398 g/mol. The summed E-state index contributed by atoms with van der Waals surface area (Å²) in [5.74, 6) is 0.257. The largest absolute Gasteiger partial charge is 0.420 e. The van der Waals surface area contributed by atoms with E-state index in [1.165, 1.54) is 0 Å². The van der Waals surface area contributed by atoms with Crippen molar-refractivity contribution < 1.29 is 19.0 Å². The Morgan fingerprint density at radius 3 is 2.77 bits per heavy atom. The number of H-pyrrole nitrogens is 1. The van der Waals surface area contributed by atoms with Crippen molar-refractivity contribution >= 4 is 6.09 Å². The lowest BCUT2D eigenvalue weighted by atomic mass is 9.79. The van der Waals surface area contributed by atoms with Gasteiger partial charge in [0.25, 0.3) is 0 Å². The van der Waals surface area contributed by atoms with Crippen LogP contribution in [0.5, 0.6) is 11.6 Å². The summed E-state index contributed by atoms with van der Waals surface area (Å²) in [6.07, 6.45) is -0.428. The fourth-order valence-electron chi connectivity index (χ4n) is 3.82. The predicted octanol–water partition coefficient (Wildman–Crippen LogP) is 2.76. The van der Waals surface area contributed by atoms with Gasteiger partial charge in [-0.2, -0.15) is 5.26 Å². The standard InChI is InChI=1S/C22H25N5O4/c1-22(2,3)18-17-16(15(12-23)19(24)31-20(17)26-25-18)13-5-4-6-14(11-13)30-21(28)27-7-9-29-10-8-27/h4-6,11,16H,7-10,24H2,1-3H3,(H,25,26)/t16-/m0/s1. The average Bonchev–Trinajstić information content (AvgIpc) is 3.17. The van der Waals surface area contributed by atoms with E-state index in [0.29, 0.717) is 37.9 Å². The molecule has 0 radical (unpaired) electrons. The number of hydrogen-bond acceptors (Lipinski definition) is 7. The first-order valence-corrected chi connectivity index (χ1v) is 10.1. The average molecular weight is 423 g/mol. The van der Waals surface area contributed by atoms with Crippen molar-refractivity contribution in [1.29, 1.82) is 5.26 Å². The van der Waals surface area contributed by atoms with E-state index in [9.17, 15) is 10.1 Å². The number of nitrogens with one attached hydrogen (secondary N) is 1. The van der Waals surface area contributed by atoms with Gasteiger partial charge in [-0.3, -0.25) is 5.10 Å². The van der Waals surface area contributed by atoms with Crippen molar-refractivity contribution in [2.75, 3.05) is 26.3 Å². The van der Waals surface area contributed by atoms with Gasteiger partial charge in [0.2, 0.25) is 11.8 Å². The monoisotopic (exact) mass is 423 g/mol. The maximum Gasteiger partial charge on any atom is 0.415 e. The van der Waals surface area contributed by atoms with Crippen LogP contribution in [0.1, 0.15) is 43.5 Å². The molecule has 0 bridgehead atoms. The Bertz CT molecular complexity index is 1070. The van der Waals surface area contributed by atoms with Gasteiger partial charge in [0, 0.05) is 24.2 Å². The molecule has 0 saturated carbocycles. The first kappa shape index (κ1) is 20.8. The van der Waals surface area contributed by atoms with Crippen molar-refractivity contribution in [3.8, 4) is 17.7 Å². The first-order valence-electron chi connectivity index (χ1n) is 10.1. The van der Waals surface area contributed by atoms with Crippen molar-refractivity contribution in [2.24, 2.45) is 5.73 Å². The number of carbonyl (C=O) groups excluding carboxylic acids is 1. The Kier molecular flexibility index (Phi) is 5.33. The molecule has 0 unspecified atom stereocenters. The highest BCUT2D eigenvalue weighted by molar-refractivity contribution is 5.71. The number of fused-ring (bicyclic) bond motifs is 1. The molecule has 9 heteroatoms. The highest BCUT2D eigenvalue weighted by Crippen LogP contribution is 2.45. The van der Waals surface area contributed by atoms with Crippen LogP contribution >= 0.6 is 0 Å². The van der Waals surface area contributed by atoms with E-state index in [1.54, 1.807) is 23.1 Å². The summed E-state index contributed by atoms with van der Waals surface area (Å²) in [6, 6.07) is 9.30. The zero-order chi connectivity index (χ0) is 22.2. The smallest absolute Gasteiger partial charge is 0.415 e. The van der Waals surface area contributed by atoms with Gasteiger partial charge in [0.1, 0.15) is 17.4 Å². The second kappa shape index (κ2) is 7.96. The third-order valence-electron chi connectivity index (χ3n) is 5.35. The third-order valence-corrected chi connectivity index (χ3v) is 5.35. The second-order valence-electron chi connectivity index (χ2n) is 8.53. The molecule has 1 atom stereocenters. The van der Waals surface area contributed by atoms with Crippen molar-refractivity contribution in [1.82, 2.24) is 15.1 Å². The summed E-state index contributed by atoms with van der Waals surface area (Å²) in [5.41, 5.74) is 8.43. The number of amides is 1. The molecule has 3 N–H and O–H groups in total. The Labute approximate surface area is 180 Å². The number of nitrogens with two attached hydrogens (primary N) is 1. The summed E-state index contributed by atoms with van der Waals surface area (Å²) >= 11 is 0. The van der Waals surface area contributed by atoms with Crippen molar-refractivity contribution in [3.63, 3.8) is 0 Å². The minimum absolute atomic E-state index is 0.0164. The summed E-state index contributed by atoms with van der Waals surface area (Å²) in [5, 5.41) is 17.1. The number of nitrogens with zero attached hydrogens (tertiary/aromatic N) is 3. The van der Waals surface area contributed by atoms with Gasteiger partial charge in [-0.1, -0.05) is 32.9 Å². The molecule has 2 aliphatic heterocycles. The lowest BCUT2D eigenvalue weighted by Crippen LogP contribution is -2.42. The number of aromatic amines is 1. The molecule has 1 fully saturated rings. The minimum atomic E-state index is -0.497. The zero-order valence-corrected chi connectivity index (χ0v) is 17.8. The number of rotatable bonds is 2. The molecule has 1 saturated heterocycles. The number of carbonyl (C=O) groups is 1. The molecule has 9 nitrogen and oxygen atoms in total. The first-order chi connectivity index (χ1) is 14.8. The normalized spacial score (nSPS) is 18.8. The zero-order valence-electron chi connectivity index (χ0n) is 17.8. The van der Waals surface area contributed by atoms with Gasteiger partial charge in [0.05, 0.1) is 24.7 Å². The molecule has 31 heavy (non-hydrogen) atoms. The molecule has 1 amide bonds. The minimum Gasteiger partial charge on any atom is -0.420 e. The van der Waals surface area contributed by atoms with E-state index in [4.69, 9.17) is 19.9 Å². The fourth-order valence-corrected chi connectivity index (χ4v) is 3.82. The summed E-state index contributed by atoms with van der Waals surface area (Å²) < 4.78 is 16.5. The molecule has 162 valence electrons. The predicted molar refractivity (Wildman–Crippen MR) is 111 cm³/mol. The van der Waals surface area contributed by atoms with E-state index in [2.05, 4.69) is 16.3 Å². The van der Waals surface area contributed by atoms with E-state index in [1.807, 2.05) is 26.8 Å². The molecular formula is C22H25N5O4. The third kappa shape index (κ3) is 3.94. The summed E-state index contributed by atoms with van der Waals surface area (Å²) in [6.45, 7) is 8.11. The number of benzene rings is 1. The van der Waals surface area contributed by atoms with Gasteiger partial charge in [-0.15, -0.1) is 5.10 Å². The Morgan fingerprint density at radius 1 is 1.35 bits per heavy atom. The highest BCUT2D eigenvalue weighted by atomic mass is 16.6. The van der Waals surface area contributed by atoms with Crippen LogP contribution in [0.3, 0.4) is 0 Å². The van der Waals surface area contributed by atoms with E-state index in [0.717, 1.165) is 16.8 Å². The quantitative estimate of drug-likeness (QED) is 0.760. The van der Waals surface area contributed by atoms with E-state index in [-0.39, 0.29) is 16.9 Å². The number of morpholine rings is 1. The summed E-state index contributed by atoms with van der Waals surface area (Å²) in [7, 11) is 0. The fraction of sp³-hybridized carbons (Fsp3) is 0.409. The lowest BCUT2D eigenvalue weighted by molar-refractivity contribution is 0.0416. The molecule has 3 heterocycles. The topological polar surface area (TPSA) is 126 Å². The molecule has 1 aromatic carbocycles. The van der Waals surface area contributed by atoms with Gasteiger partial charge in [0.15, 0.2) is 0 Å². The van der Waals surface area contributed by atoms with Gasteiger partial charge < -0.3 is 24.8 Å². The van der Waals surface area contributed by atoms with Crippen LogP contribution in [0, 0.1) is 11.3 Å². The van der Waals surface area contributed by atoms with Crippen LogP contribution in [0.2, 0.25) is 0 Å². The lowest BCUT2D eigenvalue weighted by Gasteiger charge is -2.28. The Balaban J connectivity index is 1.72. The van der Waals surface area contributed by atoms with Crippen LogP contribution < -0.4 is 15.2 Å². The van der Waals surface area contributed by atoms with Crippen LogP contribution in [0.25, 0.3) is 0 Å². The van der Waals surface area contributed by atoms with Crippen molar-refractivity contribution in [2.45, 2.75) is 32.1 Å². The van der Waals surface area contributed by atoms with Gasteiger partial charge in [-0.25, -0.2) is 4.79 Å². The number of allylic oxidation sites excluding steroid dienone is 1. The van der Waals surface area contributed by atoms with Gasteiger partial charge >= 0.3 is 6.09 Å². The van der Waals surface area contributed by atoms with Crippen LogP contribution in [0.4, 0.5) is 4.79 Å². The maximum atomic E-state index is 12.5. The number of hydrogen-bond donors (Lipinski definition) is 2. The second-order valence-corrected chi connectivity index (χ2v) is 8.53. The van der Waals surface area contributed by atoms with Crippen molar-refractivity contribution in [3.05, 3.63) is 52.5 Å². The van der Waals surface area contributed by atoms with Crippen LogP contribution in [-0.2, 0) is 10.2 Å². The number of aromatic nitrogens is 2. The molecule has 4 rings (SSSR count). The molecule has 2 aliphatic rings.